The lowest BCUT2D eigenvalue weighted by Crippen LogP contribution is -2.55. The van der Waals surface area contributed by atoms with Gasteiger partial charge in [0.1, 0.15) is 0 Å². The summed E-state index contributed by atoms with van der Waals surface area (Å²) in [6.45, 7) is 12.9. The molecule has 1 fully saturated rings. The van der Waals surface area contributed by atoms with Gasteiger partial charge in [-0.05, 0) is 25.8 Å². The SMILES string of the molecule is CCCC(N)C(CC)N1CCN(CCC)CC1. The van der Waals surface area contributed by atoms with Gasteiger partial charge in [-0.2, -0.15) is 0 Å². The smallest absolute Gasteiger partial charge is 0.0245 e. The molecule has 0 aromatic rings. The predicted octanol–water partition coefficient (Wildman–Crippen LogP) is 1.92. The van der Waals surface area contributed by atoms with Crippen LogP contribution >= 0.6 is 0 Å². The molecule has 3 nitrogen and oxygen atoms in total. The average molecular weight is 241 g/mol. The van der Waals surface area contributed by atoms with E-state index < -0.39 is 0 Å². The second kappa shape index (κ2) is 8.06. The van der Waals surface area contributed by atoms with Crippen molar-refractivity contribution in [2.45, 2.75) is 58.5 Å². The van der Waals surface area contributed by atoms with E-state index in [0.717, 1.165) is 6.42 Å². The molecule has 1 heterocycles. The summed E-state index contributed by atoms with van der Waals surface area (Å²) < 4.78 is 0. The highest BCUT2D eigenvalue weighted by molar-refractivity contribution is 4.84. The van der Waals surface area contributed by atoms with Crippen molar-refractivity contribution in [2.24, 2.45) is 5.73 Å². The Bertz CT molecular complexity index is 188. The molecule has 0 radical (unpaired) electrons. The first-order valence-corrected chi connectivity index (χ1v) is 7.44. The van der Waals surface area contributed by atoms with Crippen LogP contribution in [0.4, 0.5) is 0 Å². The standard InChI is InChI=1S/C14H31N3/c1-4-7-13(15)14(6-3)17-11-9-16(8-5-2)10-12-17/h13-14H,4-12,15H2,1-3H3. The summed E-state index contributed by atoms with van der Waals surface area (Å²) in [6, 6.07) is 0.960. The molecule has 1 rings (SSSR count). The zero-order chi connectivity index (χ0) is 12.7. The Morgan fingerprint density at radius 2 is 1.65 bits per heavy atom. The molecule has 102 valence electrons. The first-order valence-electron chi connectivity index (χ1n) is 7.44. The van der Waals surface area contributed by atoms with Gasteiger partial charge >= 0.3 is 0 Å². The highest BCUT2D eigenvalue weighted by Gasteiger charge is 2.26. The van der Waals surface area contributed by atoms with Gasteiger partial charge in [0, 0.05) is 38.3 Å². The molecule has 0 bridgehead atoms. The van der Waals surface area contributed by atoms with Crippen molar-refractivity contribution in [3.8, 4) is 0 Å². The molecule has 3 heteroatoms. The lowest BCUT2D eigenvalue weighted by atomic mass is 9.99. The Hall–Kier alpha value is -0.120. The van der Waals surface area contributed by atoms with Crippen molar-refractivity contribution in [1.29, 1.82) is 0 Å². The van der Waals surface area contributed by atoms with Crippen molar-refractivity contribution in [3.63, 3.8) is 0 Å². The molecule has 2 atom stereocenters. The van der Waals surface area contributed by atoms with E-state index in [2.05, 4.69) is 30.6 Å². The number of nitrogens with zero attached hydrogens (tertiary/aromatic N) is 2. The van der Waals surface area contributed by atoms with Crippen LogP contribution in [-0.2, 0) is 0 Å². The van der Waals surface area contributed by atoms with E-state index in [1.165, 1.54) is 52.0 Å². The largest absolute Gasteiger partial charge is 0.326 e. The van der Waals surface area contributed by atoms with E-state index in [1.807, 2.05) is 0 Å². The molecule has 0 amide bonds. The molecule has 2 N–H and O–H groups in total. The molecular weight excluding hydrogens is 210 g/mol. The minimum Gasteiger partial charge on any atom is -0.326 e. The number of hydrogen-bond donors (Lipinski definition) is 1. The molecule has 1 aliphatic rings. The fourth-order valence-electron chi connectivity index (χ4n) is 2.99. The van der Waals surface area contributed by atoms with Gasteiger partial charge in [0.2, 0.25) is 0 Å². The third-order valence-corrected chi connectivity index (χ3v) is 3.95. The minimum absolute atomic E-state index is 0.364. The van der Waals surface area contributed by atoms with E-state index in [4.69, 9.17) is 5.73 Å². The Balaban J connectivity index is 2.39. The van der Waals surface area contributed by atoms with Gasteiger partial charge in [-0.25, -0.2) is 0 Å². The number of hydrogen-bond acceptors (Lipinski definition) is 3. The molecule has 0 saturated carbocycles. The molecule has 0 spiro atoms. The summed E-state index contributed by atoms with van der Waals surface area (Å²) in [7, 11) is 0. The Morgan fingerprint density at radius 1 is 1.00 bits per heavy atom. The number of nitrogens with two attached hydrogens (primary N) is 1. The maximum atomic E-state index is 6.31. The lowest BCUT2D eigenvalue weighted by molar-refractivity contribution is 0.0811. The van der Waals surface area contributed by atoms with E-state index in [0.29, 0.717) is 12.1 Å². The van der Waals surface area contributed by atoms with Crippen molar-refractivity contribution >= 4 is 0 Å². The van der Waals surface area contributed by atoms with Crippen LogP contribution in [0.25, 0.3) is 0 Å². The van der Waals surface area contributed by atoms with Crippen LogP contribution < -0.4 is 5.73 Å². The maximum absolute atomic E-state index is 6.31. The highest BCUT2D eigenvalue weighted by Crippen LogP contribution is 2.14. The van der Waals surface area contributed by atoms with Gasteiger partial charge in [0.15, 0.2) is 0 Å². The van der Waals surface area contributed by atoms with Gasteiger partial charge in [-0.3, -0.25) is 4.90 Å². The van der Waals surface area contributed by atoms with Crippen molar-refractivity contribution in [2.75, 3.05) is 32.7 Å². The zero-order valence-electron chi connectivity index (χ0n) is 12.0. The van der Waals surface area contributed by atoms with Gasteiger partial charge in [0.05, 0.1) is 0 Å². The normalized spacial score (nSPS) is 22.6. The Morgan fingerprint density at radius 3 is 2.12 bits per heavy atom. The van der Waals surface area contributed by atoms with Crippen molar-refractivity contribution < 1.29 is 0 Å². The zero-order valence-corrected chi connectivity index (χ0v) is 12.0. The Labute approximate surface area is 107 Å². The maximum Gasteiger partial charge on any atom is 0.0245 e. The molecule has 1 saturated heterocycles. The summed E-state index contributed by atoms with van der Waals surface area (Å²) in [5, 5.41) is 0. The molecule has 1 aliphatic heterocycles. The molecule has 0 aromatic carbocycles. The summed E-state index contributed by atoms with van der Waals surface area (Å²) in [6.07, 6.45) is 4.82. The van der Waals surface area contributed by atoms with Crippen LogP contribution in [0.1, 0.15) is 46.5 Å². The second-order valence-corrected chi connectivity index (χ2v) is 5.31. The van der Waals surface area contributed by atoms with E-state index in [9.17, 15) is 0 Å². The van der Waals surface area contributed by atoms with Crippen LogP contribution in [0.5, 0.6) is 0 Å². The summed E-state index contributed by atoms with van der Waals surface area (Å²) in [5.41, 5.74) is 6.31. The first kappa shape index (κ1) is 14.9. The van der Waals surface area contributed by atoms with Gasteiger partial charge in [-0.1, -0.05) is 27.2 Å². The third kappa shape index (κ3) is 4.57. The van der Waals surface area contributed by atoms with Gasteiger partial charge < -0.3 is 10.6 Å². The van der Waals surface area contributed by atoms with E-state index >= 15 is 0 Å². The Kier molecular flexibility index (Phi) is 7.09. The fraction of sp³-hybridized carbons (Fsp3) is 1.00. The van der Waals surface area contributed by atoms with E-state index in [-0.39, 0.29) is 0 Å². The number of rotatable bonds is 7. The van der Waals surface area contributed by atoms with Gasteiger partial charge in [-0.15, -0.1) is 0 Å². The van der Waals surface area contributed by atoms with Crippen LogP contribution in [0.3, 0.4) is 0 Å². The molecular formula is C14H31N3. The molecule has 17 heavy (non-hydrogen) atoms. The summed E-state index contributed by atoms with van der Waals surface area (Å²) in [4.78, 5) is 5.20. The predicted molar refractivity (Wildman–Crippen MR) is 75.3 cm³/mol. The molecule has 2 unspecified atom stereocenters. The lowest BCUT2D eigenvalue weighted by Gasteiger charge is -2.41. The number of piperazine rings is 1. The molecule has 0 aliphatic carbocycles. The average Bonchev–Trinajstić information content (AvgIpc) is 2.33. The summed E-state index contributed by atoms with van der Waals surface area (Å²) >= 11 is 0. The quantitative estimate of drug-likeness (QED) is 0.739. The van der Waals surface area contributed by atoms with E-state index in [1.54, 1.807) is 0 Å². The topological polar surface area (TPSA) is 32.5 Å². The van der Waals surface area contributed by atoms with Crippen molar-refractivity contribution in [1.82, 2.24) is 9.80 Å². The van der Waals surface area contributed by atoms with Crippen LogP contribution in [0.15, 0.2) is 0 Å². The van der Waals surface area contributed by atoms with Crippen LogP contribution in [0, 0.1) is 0 Å². The highest BCUT2D eigenvalue weighted by atomic mass is 15.3. The van der Waals surface area contributed by atoms with Crippen LogP contribution in [0.2, 0.25) is 0 Å². The van der Waals surface area contributed by atoms with Crippen molar-refractivity contribution in [3.05, 3.63) is 0 Å². The third-order valence-electron chi connectivity index (χ3n) is 3.95. The first-order chi connectivity index (χ1) is 8.22. The van der Waals surface area contributed by atoms with Gasteiger partial charge in [0.25, 0.3) is 0 Å². The van der Waals surface area contributed by atoms with Crippen LogP contribution in [-0.4, -0.2) is 54.6 Å². The second-order valence-electron chi connectivity index (χ2n) is 5.31. The summed E-state index contributed by atoms with van der Waals surface area (Å²) in [5.74, 6) is 0. The molecule has 0 aromatic heterocycles. The fourth-order valence-corrected chi connectivity index (χ4v) is 2.99. The minimum atomic E-state index is 0.364. The monoisotopic (exact) mass is 241 g/mol.